The summed E-state index contributed by atoms with van der Waals surface area (Å²) >= 11 is 0. The minimum absolute atomic E-state index is 0.264. The number of Topliss-reactive ketones (excluding diaryl/α,β-unsaturated/α-hetero) is 1. The van der Waals surface area contributed by atoms with Crippen molar-refractivity contribution in [2.45, 2.75) is 20.0 Å². The Morgan fingerprint density at radius 3 is 2.30 bits per heavy atom. The quantitative estimate of drug-likeness (QED) is 0.298. The minimum atomic E-state index is -0.885. The molecule has 0 radical (unpaired) electrons. The number of rotatable bonds is 8. The van der Waals surface area contributed by atoms with Crippen LogP contribution in [0.5, 0.6) is 11.5 Å². The third-order valence-electron chi connectivity index (χ3n) is 4.60. The maximum atomic E-state index is 12.5. The lowest BCUT2D eigenvalue weighted by Gasteiger charge is -2.11. The maximum Gasteiger partial charge on any atom is 0.331 e. The van der Waals surface area contributed by atoms with E-state index in [4.69, 9.17) is 14.2 Å². The molecule has 0 aliphatic carbocycles. The summed E-state index contributed by atoms with van der Waals surface area (Å²) < 4.78 is 15.9. The van der Waals surface area contributed by atoms with E-state index >= 15 is 0 Å². The van der Waals surface area contributed by atoms with Crippen molar-refractivity contribution in [3.63, 3.8) is 0 Å². The number of esters is 1. The van der Waals surface area contributed by atoms with Crippen molar-refractivity contribution < 1.29 is 23.8 Å². The largest absolute Gasteiger partial charge is 0.497 e. The van der Waals surface area contributed by atoms with E-state index in [0.717, 1.165) is 22.1 Å². The van der Waals surface area contributed by atoms with Crippen molar-refractivity contribution in [2.24, 2.45) is 0 Å². The normalized spacial score (nSPS) is 12.0. The molecule has 3 aromatic carbocycles. The zero-order valence-corrected chi connectivity index (χ0v) is 17.3. The number of benzene rings is 3. The van der Waals surface area contributed by atoms with Gasteiger partial charge in [0.05, 0.1) is 13.7 Å². The van der Waals surface area contributed by atoms with Crippen molar-refractivity contribution in [3.05, 3.63) is 77.9 Å². The van der Waals surface area contributed by atoms with Gasteiger partial charge in [-0.05, 0) is 78.7 Å². The van der Waals surface area contributed by atoms with E-state index in [-0.39, 0.29) is 5.78 Å². The van der Waals surface area contributed by atoms with Gasteiger partial charge in [-0.2, -0.15) is 0 Å². The Kier molecular flexibility index (Phi) is 6.86. The standard InChI is InChI=1S/C25H24O5/c1-4-29-22-11-8-19(9-12-22)25(27)17(2)30-24(26)14-6-18-5-7-21-16-23(28-3)13-10-20(21)15-18/h5-17H,4H2,1-3H3/b14-6+/t17-/m0/s1. The van der Waals surface area contributed by atoms with Gasteiger partial charge >= 0.3 is 5.97 Å². The molecule has 154 valence electrons. The van der Waals surface area contributed by atoms with Gasteiger partial charge in [0.1, 0.15) is 11.5 Å². The molecular formula is C25H24O5. The predicted molar refractivity (Wildman–Crippen MR) is 117 cm³/mol. The van der Waals surface area contributed by atoms with Gasteiger partial charge in [-0.1, -0.05) is 18.2 Å². The molecule has 0 spiro atoms. The Balaban J connectivity index is 1.61. The first-order chi connectivity index (χ1) is 14.5. The summed E-state index contributed by atoms with van der Waals surface area (Å²) in [6.45, 7) is 4.01. The molecule has 0 unspecified atom stereocenters. The van der Waals surface area contributed by atoms with E-state index < -0.39 is 12.1 Å². The molecule has 0 aliphatic rings. The molecule has 0 saturated carbocycles. The average molecular weight is 404 g/mol. The number of carbonyl (C=O) groups excluding carboxylic acids is 2. The number of ketones is 1. The van der Waals surface area contributed by atoms with Crippen LogP contribution in [0.2, 0.25) is 0 Å². The Morgan fingerprint density at radius 2 is 1.60 bits per heavy atom. The van der Waals surface area contributed by atoms with Crippen LogP contribution >= 0.6 is 0 Å². The van der Waals surface area contributed by atoms with E-state index in [1.54, 1.807) is 44.4 Å². The van der Waals surface area contributed by atoms with E-state index in [2.05, 4.69) is 0 Å². The SMILES string of the molecule is CCOc1ccc(C(=O)[C@H](C)OC(=O)/C=C/c2ccc3cc(OC)ccc3c2)cc1. The molecule has 0 saturated heterocycles. The fourth-order valence-corrected chi connectivity index (χ4v) is 3.02. The topological polar surface area (TPSA) is 61.8 Å². The van der Waals surface area contributed by atoms with Crippen molar-refractivity contribution >= 4 is 28.6 Å². The van der Waals surface area contributed by atoms with Gasteiger partial charge in [-0.15, -0.1) is 0 Å². The second kappa shape index (κ2) is 9.74. The van der Waals surface area contributed by atoms with E-state index in [0.29, 0.717) is 17.9 Å². The van der Waals surface area contributed by atoms with Crippen LogP contribution in [0.4, 0.5) is 0 Å². The summed E-state index contributed by atoms with van der Waals surface area (Å²) in [6.07, 6.45) is 2.11. The fourth-order valence-electron chi connectivity index (χ4n) is 3.02. The van der Waals surface area contributed by atoms with Crippen LogP contribution in [0.3, 0.4) is 0 Å². The van der Waals surface area contributed by atoms with Crippen LogP contribution < -0.4 is 9.47 Å². The summed E-state index contributed by atoms with van der Waals surface area (Å²) in [5.41, 5.74) is 1.32. The number of carbonyl (C=O) groups is 2. The Morgan fingerprint density at radius 1 is 0.933 bits per heavy atom. The summed E-state index contributed by atoms with van der Waals surface area (Å²) in [5, 5.41) is 2.08. The van der Waals surface area contributed by atoms with Crippen LogP contribution in [0.25, 0.3) is 16.8 Å². The number of hydrogen-bond donors (Lipinski definition) is 0. The van der Waals surface area contributed by atoms with Gasteiger partial charge in [0.25, 0.3) is 0 Å². The van der Waals surface area contributed by atoms with Crippen LogP contribution in [0, 0.1) is 0 Å². The first-order valence-corrected chi connectivity index (χ1v) is 9.73. The van der Waals surface area contributed by atoms with Gasteiger partial charge in [-0.25, -0.2) is 4.79 Å². The van der Waals surface area contributed by atoms with Crippen molar-refractivity contribution in [2.75, 3.05) is 13.7 Å². The first-order valence-electron chi connectivity index (χ1n) is 9.73. The molecule has 5 heteroatoms. The molecule has 0 aliphatic heterocycles. The van der Waals surface area contributed by atoms with Crippen LogP contribution in [0.1, 0.15) is 29.8 Å². The smallest absolute Gasteiger partial charge is 0.331 e. The fraction of sp³-hybridized carbons (Fsp3) is 0.200. The van der Waals surface area contributed by atoms with Crippen molar-refractivity contribution in [1.82, 2.24) is 0 Å². The van der Waals surface area contributed by atoms with Crippen LogP contribution in [-0.4, -0.2) is 31.6 Å². The zero-order valence-electron chi connectivity index (χ0n) is 17.3. The molecule has 0 bridgehead atoms. The highest BCUT2D eigenvalue weighted by atomic mass is 16.5. The molecule has 5 nitrogen and oxygen atoms in total. The minimum Gasteiger partial charge on any atom is -0.497 e. The highest BCUT2D eigenvalue weighted by Crippen LogP contribution is 2.22. The lowest BCUT2D eigenvalue weighted by atomic mass is 10.1. The second-order valence-electron chi connectivity index (χ2n) is 6.71. The molecule has 1 atom stereocenters. The first kappa shape index (κ1) is 21.1. The van der Waals surface area contributed by atoms with Crippen LogP contribution in [-0.2, 0) is 9.53 Å². The number of ether oxygens (including phenoxy) is 3. The third kappa shape index (κ3) is 5.26. The molecule has 0 aromatic heterocycles. The van der Waals surface area contributed by atoms with Gasteiger partial charge in [0.2, 0.25) is 5.78 Å². The second-order valence-corrected chi connectivity index (χ2v) is 6.71. The molecule has 30 heavy (non-hydrogen) atoms. The van der Waals surface area contributed by atoms with Gasteiger partial charge in [0.15, 0.2) is 6.10 Å². The van der Waals surface area contributed by atoms with E-state index in [9.17, 15) is 9.59 Å². The Hall–Kier alpha value is -3.60. The van der Waals surface area contributed by atoms with Crippen LogP contribution in [0.15, 0.2) is 66.7 Å². The van der Waals surface area contributed by atoms with Gasteiger partial charge in [0, 0.05) is 11.6 Å². The average Bonchev–Trinajstić information content (AvgIpc) is 2.77. The molecule has 0 heterocycles. The van der Waals surface area contributed by atoms with Gasteiger partial charge in [-0.3, -0.25) is 4.79 Å². The van der Waals surface area contributed by atoms with E-state index in [1.807, 2.05) is 43.3 Å². The molecular weight excluding hydrogens is 380 g/mol. The highest BCUT2D eigenvalue weighted by Gasteiger charge is 2.18. The molecule has 3 rings (SSSR count). The molecule has 0 N–H and O–H groups in total. The third-order valence-corrected chi connectivity index (χ3v) is 4.60. The summed E-state index contributed by atoms with van der Waals surface area (Å²) in [5.74, 6) is 0.645. The Labute approximate surface area is 175 Å². The molecule has 3 aromatic rings. The molecule has 0 fully saturated rings. The number of methoxy groups -OCH3 is 1. The molecule has 0 amide bonds. The number of hydrogen-bond acceptors (Lipinski definition) is 5. The van der Waals surface area contributed by atoms with Crippen molar-refractivity contribution in [1.29, 1.82) is 0 Å². The lowest BCUT2D eigenvalue weighted by molar-refractivity contribution is -0.140. The van der Waals surface area contributed by atoms with E-state index in [1.165, 1.54) is 6.08 Å². The van der Waals surface area contributed by atoms with Crippen molar-refractivity contribution in [3.8, 4) is 11.5 Å². The number of fused-ring (bicyclic) bond motifs is 1. The van der Waals surface area contributed by atoms with Gasteiger partial charge < -0.3 is 14.2 Å². The maximum absolute atomic E-state index is 12.5. The Bertz CT molecular complexity index is 1070. The monoisotopic (exact) mass is 404 g/mol. The summed E-state index contributed by atoms with van der Waals surface area (Å²) in [6, 6.07) is 18.4. The summed E-state index contributed by atoms with van der Waals surface area (Å²) in [4.78, 5) is 24.6. The lowest BCUT2D eigenvalue weighted by Crippen LogP contribution is -2.23. The zero-order chi connectivity index (χ0) is 21.5. The predicted octanol–water partition coefficient (Wildman–Crippen LogP) is 5.07. The highest BCUT2D eigenvalue weighted by molar-refractivity contribution is 6.01. The summed E-state index contributed by atoms with van der Waals surface area (Å²) in [7, 11) is 1.63.